The Labute approximate surface area is 277 Å². The second-order valence-corrected chi connectivity index (χ2v) is 10.7. The molecule has 13 nitrogen and oxygen atoms in total. The van der Waals surface area contributed by atoms with E-state index in [-0.39, 0.29) is 37.0 Å². The average Bonchev–Trinajstić information content (AvgIpc) is 3.63. The second kappa shape index (κ2) is 15.5. The van der Waals surface area contributed by atoms with Gasteiger partial charge in [-0.05, 0) is 61.4 Å². The van der Waals surface area contributed by atoms with Crippen LogP contribution in [-0.4, -0.2) is 99.6 Å². The largest absolute Gasteiger partial charge is 0.508 e. The number of aromatic hydroxyl groups is 2. The average molecular weight is 695 g/mol. The van der Waals surface area contributed by atoms with Crippen molar-refractivity contribution >= 4 is 36.7 Å². The molecule has 4 heterocycles. The predicted octanol–water partition coefficient (Wildman–Crippen LogP) is 4.07. The number of carbonyl (C=O) groups excluding carboxylic acids is 1. The van der Waals surface area contributed by atoms with Crippen molar-refractivity contribution in [3.63, 3.8) is 0 Å². The number of halogens is 5. The molecule has 0 unspecified atom stereocenters. The summed E-state index contributed by atoms with van der Waals surface area (Å²) in [5, 5.41) is 38.2. The molecule has 6 rings (SSSR count). The number of rotatable bonds is 6. The van der Waals surface area contributed by atoms with Crippen LogP contribution in [0.1, 0.15) is 11.1 Å². The quantitative estimate of drug-likeness (QED) is 0.170. The van der Waals surface area contributed by atoms with Crippen LogP contribution in [0.2, 0.25) is 0 Å². The van der Waals surface area contributed by atoms with E-state index in [0.717, 1.165) is 22.1 Å². The molecule has 0 aliphatic carbocycles. The Morgan fingerprint density at radius 3 is 1.56 bits per heavy atom. The fourth-order valence-electron chi connectivity index (χ4n) is 4.11. The lowest BCUT2D eigenvalue weighted by Crippen LogP contribution is -2.58. The van der Waals surface area contributed by atoms with E-state index >= 15 is 0 Å². The van der Waals surface area contributed by atoms with Gasteiger partial charge in [-0.1, -0.05) is 0 Å². The van der Waals surface area contributed by atoms with Gasteiger partial charge in [0.15, 0.2) is 11.6 Å². The molecule has 0 spiro atoms. The number of nitrogens with zero attached hydrogens (tertiary/aromatic N) is 7. The van der Waals surface area contributed by atoms with Gasteiger partial charge in [-0.25, -0.2) is 41.7 Å². The van der Waals surface area contributed by atoms with E-state index in [1.54, 1.807) is 18.2 Å². The summed E-state index contributed by atoms with van der Waals surface area (Å²) < 4.78 is 51.0. The molecule has 2 fully saturated rings. The van der Waals surface area contributed by atoms with Crippen molar-refractivity contribution in [2.24, 2.45) is 0 Å². The van der Waals surface area contributed by atoms with Gasteiger partial charge in [0.25, 0.3) is 11.8 Å². The predicted molar refractivity (Wildman–Crippen MR) is 169 cm³/mol. The topological polar surface area (TPSA) is 172 Å². The highest BCUT2D eigenvalue weighted by Gasteiger charge is 2.45. The Hall–Kier alpha value is -5.29. The molecule has 256 valence electrons. The standard InChI is InChI=1S/C15H14F2N4O2.C12H11N3O3.C3H5F2N.ClH/c1-10-4-11(6-12(22)5-10)14-18-9-21(19-14)3-2-13(23)20-7-15(16,17)8-20;1-8-4-9(6-10(16)5-8)12-13-7-15(14-12)3-2-11(17)18;4-3(5)1-6-2-3;/h2-6,9,22H,7-8H2,1H3;2-7,16H,1H3,(H,17,18);6H,1-2H2;1H/b2*3-2-;;. The summed E-state index contributed by atoms with van der Waals surface area (Å²) in [6.07, 6.45) is 7.56. The maximum Gasteiger partial charge on any atom is 0.329 e. The molecule has 2 aromatic heterocycles. The Kier molecular flexibility index (Phi) is 12.0. The van der Waals surface area contributed by atoms with Crippen LogP contribution in [0, 0.1) is 13.8 Å². The number of carboxylic acids is 1. The Balaban J connectivity index is 0.000000222. The van der Waals surface area contributed by atoms with Crippen molar-refractivity contribution in [3.8, 4) is 34.3 Å². The SMILES string of the molecule is Cc1cc(O)cc(-c2ncn(/C=C\C(=O)N3CC(F)(F)C3)n2)c1.Cc1cc(O)cc(-c2ncn(/C=C\C(=O)O)n2)c1.Cl.FC1(F)CNC1. The number of likely N-dealkylation sites (tertiary alicyclic amines) is 1. The molecule has 2 aliphatic heterocycles. The first-order valence-corrected chi connectivity index (χ1v) is 13.9. The van der Waals surface area contributed by atoms with Crippen LogP contribution < -0.4 is 5.32 Å². The first kappa shape index (κ1) is 37.2. The molecule has 1 amide bonds. The molecular formula is C30H31ClF4N8O5. The van der Waals surface area contributed by atoms with E-state index < -0.39 is 36.8 Å². The van der Waals surface area contributed by atoms with Crippen LogP contribution in [0.4, 0.5) is 17.6 Å². The second-order valence-electron chi connectivity index (χ2n) is 10.7. The highest BCUT2D eigenvalue weighted by Crippen LogP contribution is 2.27. The molecule has 0 radical (unpaired) electrons. The number of aromatic nitrogens is 6. The summed E-state index contributed by atoms with van der Waals surface area (Å²) in [7, 11) is 0. The first-order chi connectivity index (χ1) is 22.1. The highest BCUT2D eigenvalue weighted by molar-refractivity contribution is 5.90. The molecule has 2 saturated heterocycles. The van der Waals surface area contributed by atoms with Crippen LogP contribution in [-0.2, 0) is 9.59 Å². The van der Waals surface area contributed by atoms with Gasteiger partial charge < -0.3 is 25.5 Å². The van der Waals surface area contributed by atoms with Crippen molar-refractivity contribution in [1.29, 1.82) is 0 Å². The molecule has 18 heteroatoms. The number of carbonyl (C=O) groups is 2. The monoisotopic (exact) mass is 694 g/mol. The van der Waals surface area contributed by atoms with Gasteiger partial charge in [-0.2, -0.15) is 0 Å². The Bertz CT molecular complexity index is 1760. The first-order valence-electron chi connectivity index (χ1n) is 13.9. The number of aliphatic carboxylic acids is 1. The van der Waals surface area contributed by atoms with Gasteiger partial charge in [0.2, 0.25) is 5.91 Å². The van der Waals surface area contributed by atoms with E-state index in [1.807, 2.05) is 26.0 Å². The zero-order chi connectivity index (χ0) is 34.4. The summed E-state index contributed by atoms with van der Waals surface area (Å²) in [4.78, 5) is 31.2. The molecule has 0 atom stereocenters. The lowest BCUT2D eigenvalue weighted by molar-refractivity contribution is -0.160. The number of nitrogens with one attached hydrogen (secondary N) is 1. The minimum atomic E-state index is -2.78. The molecule has 48 heavy (non-hydrogen) atoms. The van der Waals surface area contributed by atoms with Crippen LogP contribution in [0.3, 0.4) is 0 Å². The third-order valence-electron chi connectivity index (χ3n) is 6.32. The summed E-state index contributed by atoms with van der Waals surface area (Å²) in [6, 6.07) is 9.97. The third-order valence-corrected chi connectivity index (χ3v) is 6.32. The van der Waals surface area contributed by atoms with Gasteiger partial charge in [-0.15, -0.1) is 22.6 Å². The summed E-state index contributed by atoms with van der Waals surface area (Å²) in [5.41, 5.74) is 3.07. The van der Waals surface area contributed by atoms with Crippen LogP contribution in [0.25, 0.3) is 35.2 Å². The summed E-state index contributed by atoms with van der Waals surface area (Å²) in [5.74, 6) is -5.66. The molecular weight excluding hydrogens is 664 g/mol. The maximum atomic E-state index is 12.7. The van der Waals surface area contributed by atoms with Crippen LogP contribution >= 0.6 is 12.4 Å². The minimum Gasteiger partial charge on any atom is -0.508 e. The molecule has 4 N–H and O–H groups in total. The smallest absolute Gasteiger partial charge is 0.329 e. The normalized spacial score (nSPS) is 15.7. The van der Waals surface area contributed by atoms with E-state index in [9.17, 15) is 37.4 Å². The number of benzene rings is 2. The number of alkyl halides is 4. The van der Waals surface area contributed by atoms with E-state index in [4.69, 9.17) is 5.11 Å². The van der Waals surface area contributed by atoms with Crippen molar-refractivity contribution < 1.29 is 42.5 Å². The number of hydrogen-bond donors (Lipinski definition) is 4. The number of hydrogen-bond acceptors (Lipinski definition) is 9. The third kappa shape index (κ3) is 10.9. The van der Waals surface area contributed by atoms with Gasteiger partial charge in [0.1, 0.15) is 24.2 Å². The highest BCUT2D eigenvalue weighted by atomic mass is 35.5. The van der Waals surface area contributed by atoms with Crippen molar-refractivity contribution in [3.05, 3.63) is 72.3 Å². The molecule has 0 bridgehead atoms. The van der Waals surface area contributed by atoms with Crippen LogP contribution in [0.15, 0.2) is 61.2 Å². The Morgan fingerprint density at radius 1 is 0.771 bits per heavy atom. The molecule has 0 saturated carbocycles. The lowest BCUT2D eigenvalue weighted by atomic mass is 10.1. The number of phenols is 2. The maximum absolute atomic E-state index is 12.7. The molecule has 4 aromatic rings. The molecule has 2 aliphatic rings. The van der Waals surface area contributed by atoms with E-state index in [2.05, 4.69) is 25.5 Å². The van der Waals surface area contributed by atoms with Crippen molar-refractivity contribution in [2.45, 2.75) is 25.7 Å². The minimum absolute atomic E-state index is 0. The van der Waals surface area contributed by atoms with Gasteiger partial charge in [0, 0.05) is 35.7 Å². The van der Waals surface area contributed by atoms with Gasteiger partial charge in [-0.3, -0.25) is 4.79 Å². The fraction of sp³-hybridized carbons (Fsp3) is 0.267. The zero-order valence-corrected chi connectivity index (χ0v) is 26.3. The molecule has 2 aromatic carbocycles. The Morgan fingerprint density at radius 2 is 1.21 bits per heavy atom. The van der Waals surface area contributed by atoms with Crippen molar-refractivity contribution in [2.75, 3.05) is 26.2 Å². The summed E-state index contributed by atoms with van der Waals surface area (Å²) >= 11 is 0. The number of phenolic OH excluding ortho intramolecular Hbond substituents is 2. The number of aryl methyl sites for hydroxylation is 2. The zero-order valence-electron chi connectivity index (χ0n) is 25.5. The lowest BCUT2D eigenvalue weighted by Gasteiger charge is -2.37. The summed E-state index contributed by atoms with van der Waals surface area (Å²) in [6.45, 7) is 2.31. The van der Waals surface area contributed by atoms with Crippen LogP contribution in [0.5, 0.6) is 11.5 Å². The van der Waals surface area contributed by atoms with Gasteiger partial charge >= 0.3 is 5.97 Å². The number of carboxylic acid groups (broad SMARTS) is 1. The van der Waals surface area contributed by atoms with Gasteiger partial charge in [0.05, 0.1) is 26.2 Å². The number of amides is 1. The fourth-order valence-corrected chi connectivity index (χ4v) is 4.11. The van der Waals surface area contributed by atoms with E-state index in [1.165, 1.54) is 46.6 Å². The van der Waals surface area contributed by atoms with E-state index in [0.29, 0.717) is 22.8 Å². The van der Waals surface area contributed by atoms with Crippen molar-refractivity contribution in [1.82, 2.24) is 39.7 Å².